The molecule has 0 heterocycles. The SMILES string of the molecule is Cc1cc(C)c(NC(=O)CCNC2CCCCC2)c(C)c1.Cl. The summed E-state index contributed by atoms with van der Waals surface area (Å²) in [6, 6.07) is 4.85. The molecule has 1 aromatic rings. The summed E-state index contributed by atoms with van der Waals surface area (Å²) in [5.41, 5.74) is 4.49. The maximum atomic E-state index is 12.1. The number of carbonyl (C=O) groups is 1. The molecule has 124 valence electrons. The van der Waals surface area contributed by atoms with Crippen LogP contribution in [0.15, 0.2) is 12.1 Å². The number of rotatable bonds is 5. The second kappa shape index (κ2) is 9.16. The number of hydrogen-bond donors (Lipinski definition) is 2. The Balaban J connectivity index is 0.00000242. The van der Waals surface area contributed by atoms with E-state index in [0.29, 0.717) is 12.5 Å². The van der Waals surface area contributed by atoms with E-state index < -0.39 is 0 Å². The standard InChI is InChI=1S/C18H28N2O.ClH/c1-13-11-14(2)18(15(3)12-13)20-17(21)9-10-19-16-7-5-4-6-8-16;/h11-12,16,19H,4-10H2,1-3H3,(H,20,21);1H. The minimum atomic E-state index is 0. The van der Waals surface area contributed by atoms with Crippen molar-refractivity contribution in [2.45, 2.75) is 65.3 Å². The number of anilines is 1. The largest absolute Gasteiger partial charge is 0.326 e. The van der Waals surface area contributed by atoms with Crippen molar-refractivity contribution >= 4 is 24.0 Å². The number of halogens is 1. The van der Waals surface area contributed by atoms with E-state index in [0.717, 1.165) is 23.4 Å². The Kier molecular flexibility index (Phi) is 7.91. The van der Waals surface area contributed by atoms with E-state index in [-0.39, 0.29) is 18.3 Å². The first-order chi connectivity index (χ1) is 10.1. The summed E-state index contributed by atoms with van der Waals surface area (Å²) in [4.78, 5) is 12.1. The minimum absolute atomic E-state index is 0. The zero-order chi connectivity index (χ0) is 15.2. The van der Waals surface area contributed by atoms with Crippen molar-refractivity contribution in [2.24, 2.45) is 0 Å². The molecule has 0 aromatic heterocycles. The molecule has 0 unspecified atom stereocenters. The average Bonchev–Trinajstić information content (AvgIpc) is 2.44. The molecule has 1 aliphatic carbocycles. The molecule has 1 fully saturated rings. The topological polar surface area (TPSA) is 41.1 Å². The summed E-state index contributed by atoms with van der Waals surface area (Å²) < 4.78 is 0. The van der Waals surface area contributed by atoms with Gasteiger partial charge in [-0.05, 0) is 44.7 Å². The fraction of sp³-hybridized carbons (Fsp3) is 0.611. The lowest BCUT2D eigenvalue weighted by Gasteiger charge is -2.22. The second-order valence-electron chi connectivity index (χ2n) is 6.36. The summed E-state index contributed by atoms with van der Waals surface area (Å²) in [6.07, 6.45) is 7.08. The molecule has 0 bridgehead atoms. The summed E-state index contributed by atoms with van der Waals surface area (Å²) in [5.74, 6) is 0.105. The number of nitrogens with one attached hydrogen (secondary N) is 2. The van der Waals surface area contributed by atoms with E-state index >= 15 is 0 Å². The van der Waals surface area contributed by atoms with Crippen molar-refractivity contribution in [3.05, 3.63) is 28.8 Å². The molecule has 1 aliphatic rings. The Morgan fingerprint density at radius 3 is 2.27 bits per heavy atom. The quantitative estimate of drug-likeness (QED) is 0.848. The van der Waals surface area contributed by atoms with Gasteiger partial charge in [0.15, 0.2) is 0 Å². The highest BCUT2D eigenvalue weighted by molar-refractivity contribution is 5.92. The van der Waals surface area contributed by atoms with Gasteiger partial charge < -0.3 is 10.6 Å². The highest BCUT2D eigenvalue weighted by Gasteiger charge is 2.13. The Morgan fingerprint density at radius 2 is 1.68 bits per heavy atom. The van der Waals surface area contributed by atoms with Gasteiger partial charge >= 0.3 is 0 Å². The molecule has 1 amide bonds. The van der Waals surface area contributed by atoms with Crippen LogP contribution in [0, 0.1) is 20.8 Å². The van der Waals surface area contributed by atoms with Crippen LogP contribution in [0.5, 0.6) is 0 Å². The third kappa shape index (κ3) is 5.62. The van der Waals surface area contributed by atoms with Crippen molar-refractivity contribution in [1.82, 2.24) is 5.32 Å². The third-order valence-electron chi connectivity index (χ3n) is 4.33. The van der Waals surface area contributed by atoms with Gasteiger partial charge in [-0.3, -0.25) is 4.79 Å². The monoisotopic (exact) mass is 324 g/mol. The molecule has 4 heteroatoms. The summed E-state index contributed by atoms with van der Waals surface area (Å²) in [7, 11) is 0. The Morgan fingerprint density at radius 1 is 1.09 bits per heavy atom. The average molecular weight is 325 g/mol. The molecule has 2 N–H and O–H groups in total. The molecule has 1 aromatic carbocycles. The van der Waals surface area contributed by atoms with E-state index in [4.69, 9.17) is 0 Å². The van der Waals surface area contributed by atoms with Crippen molar-refractivity contribution in [2.75, 3.05) is 11.9 Å². The Hall–Kier alpha value is -1.06. The van der Waals surface area contributed by atoms with Crippen LogP contribution in [-0.4, -0.2) is 18.5 Å². The summed E-state index contributed by atoms with van der Waals surface area (Å²) >= 11 is 0. The molecule has 22 heavy (non-hydrogen) atoms. The molecule has 2 rings (SSSR count). The number of amides is 1. The van der Waals surface area contributed by atoms with Crippen LogP contribution in [0.25, 0.3) is 0 Å². The van der Waals surface area contributed by atoms with Crippen LogP contribution in [0.4, 0.5) is 5.69 Å². The van der Waals surface area contributed by atoms with Crippen LogP contribution in [0.2, 0.25) is 0 Å². The molecule has 0 spiro atoms. The van der Waals surface area contributed by atoms with Crippen LogP contribution in [-0.2, 0) is 4.79 Å². The van der Waals surface area contributed by atoms with Crippen molar-refractivity contribution in [1.29, 1.82) is 0 Å². The smallest absolute Gasteiger partial charge is 0.225 e. The second-order valence-corrected chi connectivity index (χ2v) is 6.36. The third-order valence-corrected chi connectivity index (χ3v) is 4.33. The highest BCUT2D eigenvalue weighted by Crippen LogP contribution is 2.22. The molecular weight excluding hydrogens is 296 g/mol. The van der Waals surface area contributed by atoms with E-state index in [1.807, 2.05) is 0 Å². The van der Waals surface area contributed by atoms with E-state index in [9.17, 15) is 4.79 Å². The molecule has 1 saturated carbocycles. The lowest BCUT2D eigenvalue weighted by molar-refractivity contribution is -0.116. The maximum absolute atomic E-state index is 12.1. The van der Waals surface area contributed by atoms with Crippen LogP contribution in [0.1, 0.15) is 55.2 Å². The lowest BCUT2D eigenvalue weighted by Crippen LogP contribution is -2.33. The predicted molar refractivity (Wildman–Crippen MR) is 96.0 cm³/mol. The summed E-state index contributed by atoms with van der Waals surface area (Å²) in [6.45, 7) is 6.96. The molecular formula is C18H29ClN2O. The Labute approximate surface area is 140 Å². The first-order valence-corrected chi connectivity index (χ1v) is 8.17. The van der Waals surface area contributed by atoms with E-state index in [2.05, 4.69) is 43.5 Å². The number of carbonyl (C=O) groups excluding carboxylic acids is 1. The van der Waals surface area contributed by atoms with Gasteiger partial charge in [-0.1, -0.05) is 37.0 Å². The molecule has 0 atom stereocenters. The van der Waals surface area contributed by atoms with Crippen LogP contribution >= 0.6 is 12.4 Å². The van der Waals surface area contributed by atoms with Crippen molar-refractivity contribution in [3.8, 4) is 0 Å². The zero-order valence-corrected chi connectivity index (χ0v) is 14.8. The van der Waals surface area contributed by atoms with Gasteiger partial charge in [-0.15, -0.1) is 12.4 Å². The van der Waals surface area contributed by atoms with Crippen LogP contribution < -0.4 is 10.6 Å². The van der Waals surface area contributed by atoms with Crippen LogP contribution in [0.3, 0.4) is 0 Å². The maximum Gasteiger partial charge on any atom is 0.225 e. The zero-order valence-electron chi connectivity index (χ0n) is 14.0. The number of hydrogen-bond acceptors (Lipinski definition) is 2. The van der Waals surface area contributed by atoms with Gasteiger partial charge in [-0.2, -0.15) is 0 Å². The Bertz CT molecular complexity index is 473. The van der Waals surface area contributed by atoms with Gasteiger partial charge in [0.2, 0.25) is 5.91 Å². The van der Waals surface area contributed by atoms with Gasteiger partial charge in [-0.25, -0.2) is 0 Å². The van der Waals surface area contributed by atoms with Gasteiger partial charge in [0.25, 0.3) is 0 Å². The molecule has 0 radical (unpaired) electrons. The normalized spacial score (nSPS) is 15.2. The minimum Gasteiger partial charge on any atom is -0.326 e. The lowest BCUT2D eigenvalue weighted by atomic mass is 9.95. The fourth-order valence-electron chi connectivity index (χ4n) is 3.28. The molecule has 0 aliphatic heterocycles. The predicted octanol–water partition coefficient (Wildman–Crippen LogP) is 4.28. The first-order valence-electron chi connectivity index (χ1n) is 8.17. The van der Waals surface area contributed by atoms with Crippen molar-refractivity contribution < 1.29 is 4.79 Å². The number of aryl methyl sites for hydroxylation is 3. The number of benzene rings is 1. The van der Waals surface area contributed by atoms with Gasteiger partial charge in [0.1, 0.15) is 0 Å². The fourth-order valence-corrected chi connectivity index (χ4v) is 3.28. The van der Waals surface area contributed by atoms with E-state index in [1.54, 1.807) is 0 Å². The first kappa shape index (κ1) is 19.0. The van der Waals surface area contributed by atoms with Crippen molar-refractivity contribution in [3.63, 3.8) is 0 Å². The molecule has 3 nitrogen and oxygen atoms in total. The highest BCUT2D eigenvalue weighted by atomic mass is 35.5. The molecule has 0 saturated heterocycles. The van der Waals surface area contributed by atoms with E-state index in [1.165, 1.54) is 37.7 Å². The summed E-state index contributed by atoms with van der Waals surface area (Å²) in [5, 5.41) is 6.58. The van der Waals surface area contributed by atoms with Gasteiger partial charge in [0, 0.05) is 24.7 Å². The van der Waals surface area contributed by atoms with Gasteiger partial charge in [0.05, 0.1) is 0 Å².